The van der Waals surface area contributed by atoms with E-state index in [2.05, 4.69) is 15.0 Å². The average molecular weight is 439 g/mol. The Bertz CT molecular complexity index is 1250. The van der Waals surface area contributed by atoms with E-state index in [9.17, 15) is 8.42 Å². The molecule has 5 rings (SSSR count). The molecule has 1 aromatic carbocycles. The van der Waals surface area contributed by atoms with Gasteiger partial charge in [0.1, 0.15) is 5.52 Å². The summed E-state index contributed by atoms with van der Waals surface area (Å²) in [6.45, 7) is 2.02. The molecule has 0 spiro atoms. The lowest BCUT2D eigenvalue weighted by molar-refractivity contribution is 0.410. The predicted octanol–water partition coefficient (Wildman–Crippen LogP) is 2.98. The number of hydrogen-bond donors (Lipinski definition) is 3. The first kappa shape index (κ1) is 20.1. The zero-order chi connectivity index (χ0) is 21.6. The van der Waals surface area contributed by atoms with E-state index in [0.717, 1.165) is 59.1 Å². The Kier molecular flexibility index (Phi) is 5.02. The fourth-order valence-electron chi connectivity index (χ4n) is 4.37. The minimum Gasteiger partial charge on any atom is -0.351 e. The van der Waals surface area contributed by atoms with Crippen molar-refractivity contribution in [2.45, 2.75) is 51.1 Å². The molecule has 0 bridgehead atoms. The van der Waals surface area contributed by atoms with E-state index in [1.807, 2.05) is 31.2 Å². The molecule has 0 atom stereocenters. The molecule has 2 aromatic heterocycles. The molecular weight excluding hydrogens is 412 g/mol. The molecule has 1 aliphatic carbocycles. The molecule has 4 N–H and O–H groups in total. The Morgan fingerprint density at radius 1 is 1.13 bits per heavy atom. The number of fused-ring (bicyclic) bond motifs is 2. The standard InChI is InChI=1S/C22H26N6O2S/c1-13-10-19(14-2-7-18-15(11-14)8-9-31(29,30)28-18)26-20-12-24-22(27-21(13)20)25-17-5-3-16(23)4-6-17/h2,7,10-12,16-17,28H,3-6,8-9,23H2,1H3,(H,24,25,27)/t16-,17-. The van der Waals surface area contributed by atoms with E-state index < -0.39 is 10.0 Å². The molecule has 0 radical (unpaired) electrons. The van der Waals surface area contributed by atoms with Crippen molar-refractivity contribution in [1.82, 2.24) is 15.0 Å². The number of pyridine rings is 1. The van der Waals surface area contributed by atoms with Crippen LogP contribution in [0.1, 0.15) is 36.8 Å². The zero-order valence-electron chi connectivity index (χ0n) is 17.4. The van der Waals surface area contributed by atoms with Crippen LogP contribution in [0.25, 0.3) is 22.3 Å². The molecule has 3 aromatic rings. The van der Waals surface area contributed by atoms with Crippen LogP contribution >= 0.6 is 0 Å². The Morgan fingerprint density at radius 3 is 2.74 bits per heavy atom. The second-order valence-electron chi connectivity index (χ2n) is 8.55. The maximum atomic E-state index is 11.8. The number of nitrogens with zero attached hydrogens (tertiary/aromatic N) is 3. The van der Waals surface area contributed by atoms with Crippen LogP contribution in [0.5, 0.6) is 0 Å². The first-order chi connectivity index (χ1) is 14.9. The van der Waals surface area contributed by atoms with Gasteiger partial charge in [-0.15, -0.1) is 0 Å². The molecule has 9 heteroatoms. The molecule has 0 unspecified atom stereocenters. The van der Waals surface area contributed by atoms with Crippen LogP contribution in [0.2, 0.25) is 0 Å². The predicted molar refractivity (Wildman–Crippen MR) is 122 cm³/mol. The summed E-state index contributed by atoms with van der Waals surface area (Å²) in [4.78, 5) is 14.0. The van der Waals surface area contributed by atoms with Gasteiger partial charge in [0.2, 0.25) is 16.0 Å². The summed E-state index contributed by atoms with van der Waals surface area (Å²) in [5.74, 6) is 0.733. The van der Waals surface area contributed by atoms with Crippen molar-refractivity contribution >= 4 is 32.7 Å². The van der Waals surface area contributed by atoms with Crippen LogP contribution in [0.15, 0.2) is 30.5 Å². The third-order valence-electron chi connectivity index (χ3n) is 6.15. The van der Waals surface area contributed by atoms with Gasteiger partial charge in [-0.2, -0.15) is 0 Å². The lowest BCUT2D eigenvalue weighted by Crippen LogP contribution is -2.33. The SMILES string of the molecule is Cc1cc(-c2ccc3c(c2)CCS(=O)(=O)N3)nc2cnc(N[C@H]3CC[C@H](N)CC3)nc12. The molecule has 2 aliphatic rings. The number of anilines is 2. The average Bonchev–Trinajstić information content (AvgIpc) is 2.75. The Balaban J connectivity index is 1.42. The first-order valence-corrected chi connectivity index (χ1v) is 12.3. The maximum Gasteiger partial charge on any atom is 0.233 e. The van der Waals surface area contributed by atoms with Crippen LogP contribution in [0, 0.1) is 6.92 Å². The maximum absolute atomic E-state index is 11.8. The minimum atomic E-state index is -3.22. The van der Waals surface area contributed by atoms with Crippen LogP contribution < -0.4 is 15.8 Å². The first-order valence-electron chi connectivity index (χ1n) is 10.7. The molecule has 1 fully saturated rings. The normalized spacial score (nSPS) is 22.5. The summed E-state index contributed by atoms with van der Waals surface area (Å²) >= 11 is 0. The number of aromatic nitrogens is 3. The van der Waals surface area contributed by atoms with Crippen molar-refractivity contribution in [3.05, 3.63) is 41.6 Å². The summed E-state index contributed by atoms with van der Waals surface area (Å²) in [7, 11) is -3.22. The molecule has 0 amide bonds. The van der Waals surface area contributed by atoms with Crippen molar-refractivity contribution in [3.8, 4) is 11.3 Å². The van der Waals surface area contributed by atoms with Crippen molar-refractivity contribution in [2.75, 3.05) is 15.8 Å². The minimum absolute atomic E-state index is 0.101. The van der Waals surface area contributed by atoms with Gasteiger partial charge >= 0.3 is 0 Å². The van der Waals surface area contributed by atoms with Gasteiger partial charge in [0.25, 0.3) is 0 Å². The number of hydrogen-bond acceptors (Lipinski definition) is 7. The van der Waals surface area contributed by atoms with Crippen molar-refractivity contribution < 1.29 is 8.42 Å². The van der Waals surface area contributed by atoms with E-state index in [1.165, 1.54) is 0 Å². The number of nitrogens with one attached hydrogen (secondary N) is 2. The summed E-state index contributed by atoms with van der Waals surface area (Å²) in [6, 6.07) is 8.40. The van der Waals surface area contributed by atoms with Gasteiger partial charge in [-0.05, 0) is 68.4 Å². The van der Waals surface area contributed by atoms with Gasteiger partial charge in [0, 0.05) is 17.6 Å². The topological polar surface area (TPSA) is 123 Å². The Morgan fingerprint density at radius 2 is 1.94 bits per heavy atom. The van der Waals surface area contributed by atoms with Crippen LogP contribution in [-0.2, 0) is 16.4 Å². The summed E-state index contributed by atoms with van der Waals surface area (Å²) in [6.07, 6.45) is 6.38. The number of aryl methyl sites for hydroxylation is 2. The Labute approximate surface area is 181 Å². The van der Waals surface area contributed by atoms with E-state index in [-0.39, 0.29) is 5.75 Å². The summed E-state index contributed by atoms with van der Waals surface area (Å²) in [5.41, 5.74) is 12.0. The van der Waals surface area contributed by atoms with E-state index in [4.69, 9.17) is 15.7 Å². The van der Waals surface area contributed by atoms with Gasteiger partial charge < -0.3 is 11.1 Å². The molecular formula is C22H26N6O2S. The fourth-order valence-corrected chi connectivity index (χ4v) is 5.49. The number of benzene rings is 1. The molecule has 3 heterocycles. The molecule has 162 valence electrons. The van der Waals surface area contributed by atoms with E-state index >= 15 is 0 Å². The molecule has 31 heavy (non-hydrogen) atoms. The van der Waals surface area contributed by atoms with Gasteiger partial charge in [0.05, 0.1) is 28.8 Å². The van der Waals surface area contributed by atoms with Gasteiger partial charge in [-0.3, -0.25) is 4.72 Å². The lowest BCUT2D eigenvalue weighted by Gasteiger charge is -2.26. The van der Waals surface area contributed by atoms with Gasteiger partial charge in [0.15, 0.2) is 0 Å². The molecule has 0 saturated heterocycles. The quantitative estimate of drug-likeness (QED) is 0.574. The lowest BCUT2D eigenvalue weighted by atomic mass is 9.92. The molecule has 1 saturated carbocycles. The van der Waals surface area contributed by atoms with Crippen LogP contribution in [0.3, 0.4) is 0 Å². The number of nitrogens with two attached hydrogens (primary N) is 1. The molecule has 8 nitrogen and oxygen atoms in total. The van der Waals surface area contributed by atoms with Crippen LogP contribution in [-0.4, -0.2) is 41.2 Å². The van der Waals surface area contributed by atoms with Gasteiger partial charge in [-0.25, -0.2) is 23.4 Å². The van der Waals surface area contributed by atoms with Crippen molar-refractivity contribution in [2.24, 2.45) is 5.73 Å². The largest absolute Gasteiger partial charge is 0.351 e. The van der Waals surface area contributed by atoms with Crippen molar-refractivity contribution in [1.29, 1.82) is 0 Å². The third-order valence-corrected chi connectivity index (χ3v) is 7.42. The smallest absolute Gasteiger partial charge is 0.233 e. The second kappa shape index (κ2) is 7.72. The number of rotatable bonds is 3. The monoisotopic (exact) mass is 438 g/mol. The second-order valence-corrected chi connectivity index (χ2v) is 10.4. The molecule has 1 aliphatic heterocycles. The van der Waals surface area contributed by atoms with E-state index in [1.54, 1.807) is 6.20 Å². The van der Waals surface area contributed by atoms with Gasteiger partial charge in [-0.1, -0.05) is 6.07 Å². The van der Waals surface area contributed by atoms with Crippen LogP contribution in [0.4, 0.5) is 11.6 Å². The third kappa shape index (κ3) is 4.20. The fraction of sp³-hybridized carbons (Fsp3) is 0.409. The highest BCUT2D eigenvalue weighted by molar-refractivity contribution is 7.92. The van der Waals surface area contributed by atoms with E-state index in [0.29, 0.717) is 30.1 Å². The highest BCUT2D eigenvalue weighted by Crippen LogP contribution is 2.30. The highest BCUT2D eigenvalue weighted by atomic mass is 32.2. The number of sulfonamides is 1. The summed E-state index contributed by atoms with van der Waals surface area (Å²) < 4.78 is 26.2. The zero-order valence-corrected chi connectivity index (χ0v) is 18.2. The highest BCUT2D eigenvalue weighted by Gasteiger charge is 2.21. The Hall–Kier alpha value is -2.78. The van der Waals surface area contributed by atoms with Crippen molar-refractivity contribution in [3.63, 3.8) is 0 Å². The summed E-state index contributed by atoms with van der Waals surface area (Å²) in [5, 5.41) is 3.45.